The van der Waals surface area contributed by atoms with Crippen molar-refractivity contribution in [2.24, 2.45) is 10.2 Å². The first-order chi connectivity index (χ1) is 16.3. The summed E-state index contributed by atoms with van der Waals surface area (Å²) in [6.07, 6.45) is 0. The fourth-order valence-corrected chi connectivity index (χ4v) is 5.83. The summed E-state index contributed by atoms with van der Waals surface area (Å²) in [5.41, 5.74) is 6.43. The van der Waals surface area contributed by atoms with Crippen molar-refractivity contribution in [2.45, 2.75) is 11.9 Å². The molecule has 160 valence electrons. The van der Waals surface area contributed by atoms with Crippen LogP contribution in [0.1, 0.15) is 23.6 Å². The van der Waals surface area contributed by atoms with E-state index < -0.39 is 4.99 Å². The van der Waals surface area contributed by atoms with Gasteiger partial charge in [-0.25, -0.2) is 10.0 Å². The molecule has 0 radical (unpaired) electrons. The van der Waals surface area contributed by atoms with Crippen molar-refractivity contribution in [3.63, 3.8) is 0 Å². The minimum Gasteiger partial charge on any atom is -0.223 e. The average molecular weight is 447 g/mol. The molecule has 0 saturated carbocycles. The van der Waals surface area contributed by atoms with Crippen LogP contribution in [0.5, 0.6) is 0 Å². The molecule has 0 N–H and O–H groups in total. The van der Waals surface area contributed by atoms with Crippen LogP contribution in [0.25, 0.3) is 0 Å². The van der Waals surface area contributed by atoms with Crippen molar-refractivity contribution in [3.05, 3.63) is 132 Å². The number of para-hydroxylation sites is 2. The Morgan fingerprint density at radius 2 is 1.12 bits per heavy atom. The molecule has 33 heavy (non-hydrogen) atoms. The zero-order valence-electron chi connectivity index (χ0n) is 18.2. The standard InChI is InChI=1S/C28H22N4S/c1-21-25-19-11-12-20-26(25)28(31(29-21)23-15-7-3-8-16-23)32(24-17-9-4-10-18-24)30-27(33-28)22-13-5-2-6-14-22/h2-20H,1H3. The second-order valence-electron chi connectivity index (χ2n) is 8.01. The first kappa shape index (κ1) is 19.8. The molecule has 4 aromatic rings. The summed E-state index contributed by atoms with van der Waals surface area (Å²) in [5.74, 6) is 0. The highest BCUT2D eigenvalue weighted by molar-refractivity contribution is 8.15. The summed E-state index contributed by atoms with van der Waals surface area (Å²) in [6.45, 7) is 2.08. The Bertz CT molecular complexity index is 1350. The van der Waals surface area contributed by atoms with E-state index in [1.165, 1.54) is 5.56 Å². The van der Waals surface area contributed by atoms with E-state index in [-0.39, 0.29) is 0 Å². The summed E-state index contributed by atoms with van der Waals surface area (Å²) in [4.78, 5) is -0.704. The van der Waals surface area contributed by atoms with Gasteiger partial charge >= 0.3 is 0 Å². The SMILES string of the molecule is CC1=NN(c2ccccc2)C2(SC(c3ccccc3)=NN2c2ccccc2)c2ccccc21. The van der Waals surface area contributed by atoms with E-state index in [1.807, 2.05) is 18.2 Å². The van der Waals surface area contributed by atoms with Gasteiger partial charge in [0.15, 0.2) is 0 Å². The van der Waals surface area contributed by atoms with Crippen LogP contribution in [0.4, 0.5) is 11.4 Å². The molecule has 4 aromatic carbocycles. The first-order valence-corrected chi connectivity index (χ1v) is 11.8. The van der Waals surface area contributed by atoms with E-state index in [9.17, 15) is 0 Å². The predicted molar refractivity (Wildman–Crippen MR) is 139 cm³/mol. The Labute approximate surface area is 197 Å². The highest BCUT2D eigenvalue weighted by Gasteiger charge is 2.54. The topological polar surface area (TPSA) is 31.2 Å². The van der Waals surface area contributed by atoms with Gasteiger partial charge in [0, 0.05) is 16.7 Å². The van der Waals surface area contributed by atoms with Gasteiger partial charge in [-0.2, -0.15) is 10.2 Å². The van der Waals surface area contributed by atoms with Crippen LogP contribution in [-0.2, 0) is 4.99 Å². The van der Waals surface area contributed by atoms with Gasteiger partial charge in [-0.1, -0.05) is 91.0 Å². The molecule has 0 aromatic heterocycles. The maximum Gasteiger partial charge on any atom is 0.234 e. The molecule has 1 atom stereocenters. The van der Waals surface area contributed by atoms with Crippen LogP contribution in [0, 0.1) is 0 Å². The number of rotatable bonds is 3. The molecule has 0 bridgehead atoms. The summed E-state index contributed by atoms with van der Waals surface area (Å²) < 4.78 is 0. The lowest BCUT2D eigenvalue weighted by Gasteiger charge is -2.46. The summed E-state index contributed by atoms with van der Waals surface area (Å²) in [7, 11) is 0. The van der Waals surface area contributed by atoms with Gasteiger partial charge in [-0.05, 0) is 43.0 Å². The van der Waals surface area contributed by atoms with Gasteiger partial charge in [0.2, 0.25) is 4.99 Å². The quantitative estimate of drug-likeness (QED) is 0.353. The van der Waals surface area contributed by atoms with Gasteiger partial charge in [-0.3, -0.25) is 0 Å². The normalized spacial score (nSPS) is 19.3. The monoisotopic (exact) mass is 446 g/mol. The molecular formula is C28H22N4S. The van der Waals surface area contributed by atoms with Crippen molar-refractivity contribution >= 4 is 33.9 Å². The first-order valence-electron chi connectivity index (χ1n) is 11.0. The molecule has 2 aliphatic heterocycles. The van der Waals surface area contributed by atoms with E-state index in [0.717, 1.165) is 33.3 Å². The Balaban J connectivity index is 1.64. The fraction of sp³-hybridized carbons (Fsp3) is 0.0714. The molecule has 0 saturated heterocycles. The lowest BCUT2D eigenvalue weighted by molar-refractivity contribution is 0.549. The third-order valence-corrected chi connectivity index (χ3v) is 7.31. The molecule has 1 unspecified atom stereocenters. The van der Waals surface area contributed by atoms with Gasteiger partial charge in [-0.15, -0.1) is 0 Å². The number of thioether (sulfide) groups is 1. The minimum absolute atomic E-state index is 0.704. The van der Waals surface area contributed by atoms with Crippen LogP contribution in [0.3, 0.4) is 0 Å². The largest absolute Gasteiger partial charge is 0.234 e. The number of anilines is 2. The zero-order chi connectivity index (χ0) is 22.3. The van der Waals surface area contributed by atoms with E-state index in [1.54, 1.807) is 11.8 Å². The Hall–Kier alpha value is -3.83. The highest BCUT2D eigenvalue weighted by atomic mass is 32.2. The van der Waals surface area contributed by atoms with Crippen LogP contribution in [0.15, 0.2) is 125 Å². The van der Waals surface area contributed by atoms with Crippen molar-refractivity contribution in [3.8, 4) is 0 Å². The molecule has 5 heteroatoms. The zero-order valence-corrected chi connectivity index (χ0v) is 19.0. The van der Waals surface area contributed by atoms with Crippen molar-refractivity contribution in [1.82, 2.24) is 0 Å². The van der Waals surface area contributed by atoms with Crippen molar-refractivity contribution in [2.75, 3.05) is 10.0 Å². The van der Waals surface area contributed by atoms with E-state index in [0.29, 0.717) is 0 Å². The third kappa shape index (κ3) is 3.16. The van der Waals surface area contributed by atoms with Gasteiger partial charge in [0.1, 0.15) is 5.04 Å². The highest BCUT2D eigenvalue weighted by Crippen LogP contribution is 2.55. The average Bonchev–Trinajstić information content (AvgIpc) is 3.29. The number of hydrogen-bond donors (Lipinski definition) is 0. The minimum atomic E-state index is -0.704. The van der Waals surface area contributed by atoms with Crippen molar-refractivity contribution in [1.29, 1.82) is 0 Å². The lowest BCUT2D eigenvalue weighted by Crippen LogP contribution is -2.53. The van der Waals surface area contributed by atoms with Crippen LogP contribution in [-0.4, -0.2) is 10.8 Å². The number of hydrogen-bond acceptors (Lipinski definition) is 5. The predicted octanol–water partition coefficient (Wildman–Crippen LogP) is 6.66. The maximum atomic E-state index is 5.21. The second kappa shape index (κ2) is 7.94. The molecular weight excluding hydrogens is 424 g/mol. The molecule has 2 aliphatic rings. The van der Waals surface area contributed by atoms with Crippen LogP contribution < -0.4 is 10.0 Å². The number of benzene rings is 4. The number of fused-ring (bicyclic) bond motifs is 2. The fourth-order valence-electron chi connectivity index (χ4n) is 4.43. The Morgan fingerprint density at radius 1 is 0.606 bits per heavy atom. The summed E-state index contributed by atoms with van der Waals surface area (Å²) in [5, 5.41) is 15.6. The van der Waals surface area contributed by atoms with Gasteiger partial charge < -0.3 is 0 Å². The molecule has 2 heterocycles. The van der Waals surface area contributed by atoms with E-state index >= 15 is 0 Å². The van der Waals surface area contributed by atoms with Crippen LogP contribution >= 0.6 is 11.8 Å². The maximum absolute atomic E-state index is 5.21. The molecule has 4 nitrogen and oxygen atoms in total. The molecule has 0 amide bonds. The summed E-state index contributed by atoms with van der Waals surface area (Å²) >= 11 is 1.73. The smallest absolute Gasteiger partial charge is 0.223 e. The lowest BCUT2D eigenvalue weighted by atomic mass is 9.98. The third-order valence-electron chi connectivity index (χ3n) is 5.94. The Kier molecular flexibility index (Phi) is 4.77. The van der Waals surface area contributed by atoms with Crippen LogP contribution in [0.2, 0.25) is 0 Å². The van der Waals surface area contributed by atoms with E-state index in [4.69, 9.17) is 10.2 Å². The summed E-state index contributed by atoms with van der Waals surface area (Å²) in [6, 6.07) is 39.6. The second-order valence-corrected chi connectivity index (χ2v) is 9.17. The van der Waals surface area contributed by atoms with Crippen molar-refractivity contribution < 1.29 is 0 Å². The number of nitrogens with zero attached hydrogens (tertiary/aromatic N) is 4. The molecule has 0 fully saturated rings. The Morgan fingerprint density at radius 3 is 1.76 bits per heavy atom. The molecule has 0 aliphatic carbocycles. The van der Waals surface area contributed by atoms with E-state index in [2.05, 4.69) is 114 Å². The number of hydrazone groups is 2. The van der Waals surface area contributed by atoms with Gasteiger partial charge in [0.05, 0.1) is 17.1 Å². The van der Waals surface area contributed by atoms with Gasteiger partial charge in [0.25, 0.3) is 0 Å². The molecule has 6 rings (SSSR count). The molecule has 1 spiro atoms.